The molecule has 6 rings (SSSR count). The van der Waals surface area contributed by atoms with Gasteiger partial charge in [0.05, 0.1) is 11.8 Å². The number of phenolic OH excluding ortho intramolecular Hbond substituents is 1. The number of rotatable bonds is 4. The predicted octanol–water partition coefficient (Wildman–Crippen LogP) is 4.37. The lowest BCUT2D eigenvalue weighted by atomic mass is 9.75. The number of phenols is 1. The normalized spacial score (nSPS) is 19.3. The molecule has 6 nitrogen and oxygen atoms in total. The van der Waals surface area contributed by atoms with Crippen LogP contribution in [0.4, 0.5) is 5.69 Å². The number of hydrogen-bond donors (Lipinski definition) is 1. The van der Waals surface area contributed by atoms with Crippen molar-refractivity contribution in [1.82, 2.24) is 9.78 Å². The molecule has 3 heterocycles. The predicted molar refractivity (Wildman–Crippen MR) is 122 cm³/mol. The van der Waals surface area contributed by atoms with Gasteiger partial charge in [-0.1, -0.05) is 18.2 Å². The topological polar surface area (TPSA) is 67.6 Å². The van der Waals surface area contributed by atoms with Crippen LogP contribution < -0.4 is 4.90 Å². The SMILES string of the molecule is O=C(c1ccccc1O)N1CC2(CCOCC2)c2cc(-c3cnn(CC4CC4)c3)ccc21. The summed E-state index contributed by atoms with van der Waals surface area (Å²) in [6, 6.07) is 13.2. The molecule has 3 aromatic rings. The van der Waals surface area contributed by atoms with E-state index < -0.39 is 0 Å². The van der Waals surface area contributed by atoms with Gasteiger partial charge in [-0.25, -0.2) is 0 Å². The number of benzene rings is 2. The first kappa shape index (κ1) is 19.6. The number of carbonyl (C=O) groups excluding carboxylic acids is 1. The summed E-state index contributed by atoms with van der Waals surface area (Å²) in [5.41, 5.74) is 4.61. The van der Waals surface area contributed by atoms with Crippen molar-refractivity contribution in [1.29, 1.82) is 0 Å². The number of amides is 1. The molecule has 1 amide bonds. The van der Waals surface area contributed by atoms with E-state index in [-0.39, 0.29) is 17.1 Å². The van der Waals surface area contributed by atoms with Gasteiger partial charge in [-0.2, -0.15) is 5.10 Å². The van der Waals surface area contributed by atoms with E-state index in [0.717, 1.165) is 42.1 Å². The number of fused-ring (bicyclic) bond motifs is 2. The van der Waals surface area contributed by atoms with E-state index in [2.05, 4.69) is 34.2 Å². The molecule has 1 saturated heterocycles. The zero-order valence-corrected chi connectivity index (χ0v) is 18.0. The third kappa shape index (κ3) is 3.30. The third-order valence-electron chi connectivity index (χ3n) is 7.26. The number of carbonyl (C=O) groups is 1. The molecule has 1 saturated carbocycles. The fraction of sp³-hybridized carbons (Fsp3) is 0.385. The van der Waals surface area contributed by atoms with Gasteiger partial charge in [-0.3, -0.25) is 9.48 Å². The molecular weight excluding hydrogens is 402 g/mol. The fourth-order valence-corrected chi connectivity index (χ4v) is 5.20. The molecule has 6 heteroatoms. The highest BCUT2D eigenvalue weighted by molar-refractivity contribution is 6.09. The first-order valence-corrected chi connectivity index (χ1v) is 11.5. The van der Waals surface area contributed by atoms with Crippen LogP contribution in [0, 0.1) is 5.92 Å². The van der Waals surface area contributed by atoms with E-state index in [1.807, 2.05) is 11.1 Å². The van der Waals surface area contributed by atoms with Crippen LogP contribution in [0.3, 0.4) is 0 Å². The van der Waals surface area contributed by atoms with Gasteiger partial charge in [0.1, 0.15) is 5.75 Å². The Bertz CT molecular complexity index is 1170. The number of aromatic hydroxyl groups is 1. The molecule has 164 valence electrons. The monoisotopic (exact) mass is 429 g/mol. The zero-order chi connectivity index (χ0) is 21.7. The molecule has 1 aliphatic carbocycles. The Morgan fingerprint density at radius 3 is 2.72 bits per heavy atom. The highest BCUT2D eigenvalue weighted by Crippen LogP contribution is 2.48. The second-order valence-corrected chi connectivity index (χ2v) is 9.43. The van der Waals surface area contributed by atoms with Gasteiger partial charge in [0.15, 0.2) is 0 Å². The van der Waals surface area contributed by atoms with E-state index in [0.29, 0.717) is 25.3 Å². The number of nitrogens with zero attached hydrogens (tertiary/aromatic N) is 3. The van der Waals surface area contributed by atoms with E-state index in [1.54, 1.807) is 24.3 Å². The van der Waals surface area contributed by atoms with Crippen molar-refractivity contribution in [2.45, 2.75) is 37.6 Å². The minimum absolute atomic E-state index is 0.0201. The molecule has 3 aliphatic rings. The van der Waals surface area contributed by atoms with Crippen molar-refractivity contribution < 1.29 is 14.6 Å². The van der Waals surface area contributed by atoms with Crippen molar-refractivity contribution in [3.63, 3.8) is 0 Å². The molecule has 1 N–H and O–H groups in total. The summed E-state index contributed by atoms with van der Waals surface area (Å²) in [7, 11) is 0. The van der Waals surface area contributed by atoms with Crippen LogP contribution in [0.15, 0.2) is 54.9 Å². The van der Waals surface area contributed by atoms with Crippen molar-refractivity contribution in [3.05, 3.63) is 66.0 Å². The molecule has 0 atom stereocenters. The van der Waals surface area contributed by atoms with Crippen LogP contribution in [0.2, 0.25) is 0 Å². The summed E-state index contributed by atoms with van der Waals surface area (Å²) >= 11 is 0. The molecular formula is C26H27N3O3. The van der Waals surface area contributed by atoms with Gasteiger partial charge >= 0.3 is 0 Å². The fourth-order valence-electron chi connectivity index (χ4n) is 5.20. The summed E-state index contributed by atoms with van der Waals surface area (Å²) in [6.45, 7) is 3.00. The van der Waals surface area contributed by atoms with E-state index in [1.165, 1.54) is 18.4 Å². The van der Waals surface area contributed by atoms with Crippen molar-refractivity contribution in [2.75, 3.05) is 24.7 Å². The van der Waals surface area contributed by atoms with Crippen LogP contribution in [-0.2, 0) is 16.7 Å². The summed E-state index contributed by atoms with van der Waals surface area (Å²) in [4.78, 5) is 15.3. The Morgan fingerprint density at radius 2 is 1.94 bits per heavy atom. The number of para-hydroxylation sites is 1. The maximum Gasteiger partial charge on any atom is 0.262 e. The number of hydrogen-bond acceptors (Lipinski definition) is 4. The van der Waals surface area contributed by atoms with Gasteiger partial charge in [0.2, 0.25) is 0 Å². The van der Waals surface area contributed by atoms with Crippen molar-refractivity contribution in [3.8, 4) is 16.9 Å². The van der Waals surface area contributed by atoms with Crippen LogP contribution in [0.25, 0.3) is 11.1 Å². The maximum atomic E-state index is 13.4. The Hall–Kier alpha value is -3.12. The average molecular weight is 430 g/mol. The number of ether oxygens (including phenoxy) is 1. The van der Waals surface area contributed by atoms with Crippen LogP contribution in [0.1, 0.15) is 41.6 Å². The molecule has 2 fully saturated rings. The van der Waals surface area contributed by atoms with E-state index >= 15 is 0 Å². The Kier molecular flexibility index (Phi) is 4.57. The molecule has 1 aromatic heterocycles. The molecule has 1 spiro atoms. The second-order valence-electron chi connectivity index (χ2n) is 9.43. The van der Waals surface area contributed by atoms with Crippen molar-refractivity contribution in [2.24, 2.45) is 5.92 Å². The molecule has 32 heavy (non-hydrogen) atoms. The average Bonchev–Trinajstić information content (AvgIpc) is 3.42. The molecule has 0 bridgehead atoms. The highest BCUT2D eigenvalue weighted by atomic mass is 16.5. The highest BCUT2D eigenvalue weighted by Gasteiger charge is 2.46. The Labute approximate surface area is 187 Å². The smallest absolute Gasteiger partial charge is 0.262 e. The van der Waals surface area contributed by atoms with Crippen molar-refractivity contribution >= 4 is 11.6 Å². The van der Waals surface area contributed by atoms with Gasteiger partial charge in [-0.15, -0.1) is 0 Å². The summed E-state index contributed by atoms with van der Waals surface area (Å²) in [5.74, 6) is 0.645. The quantitative estimate of drug-likeness (QED) is 0.669. The van der Waals surface area contributed by atoms with E-state index in [4.69, 9.17) is 4.74 Å². The molecule has 0 radical (unpaired) electrons. The lowest BCUT2D eigenvalue weighted by Gasteiger charge is -2.34. The summed E-state index contributed by atoms with van der Waals surface area (Å²) in [5, 5.41) is 14.8. The summed E-state index contributed by atoms with van der Waals surface area (Å²) in [6.07, 6.45) is 8.46. The van der Waals surface area contributed by atoms with Gasteiger partial charge in [0.25, 0.3) is 5.91 Å². The minimum atomic E-state index is -0.155. The standard InChI is InChI=1S/C26H27N3O3/c30-24-4-2-1-3-21(24)25(31)29-17-26(9-11-32-12-10-26)22-13-19(7-8-23(22)29)20-14-27-28(16-20)15-18-5-6-18/h1-4,7-8,13-14,16,18,30H,5-6,9-12,15,17H2. The minimum Gasteiger partial charge on any atom is -0.507 e. The Morgan fingerprint density at radius 1 is 1.12 bits per heavy atom. The first-order valence-electron chi connectivity index (χ1n) is 11.5. The lowest BCUT2D eigenvalue weighted by Crippen LogP contribution is -2.40. The number of aromatic nitrogens is 2. The third-order valence-corrected chi connectivity index (χ3v) is 7.26. The Balaban J connectivity index is 1.39. The lowest BCUT2D eigenvalue weighted by molar-refractivity contribution is 0.0547. The maximum absolute atomic E-state index is 13.4. The van der Waals surface area contributed by atoms with Gasteiger partial charge in [-0.05, 0) is 67.0 Å². The zero-order valence-electron chi connectivity index (χ0n) is 18.0. The van der Waals surface area contributed by atoms with Crippen LogP contribution >= 0.6 is 0 Å². The molecule has 2 aliphatic heterocycles. The largest absolute Gasteiger partial charge is 0.507 e. The molecule has 0 unspecified atom stereocenters. The second kappa shape index (κ2) is 7.48. The number of anilines is 1. The summed E-state index contributed by atoms with van der Waals surface area (Å²) < 4.78 is 7.73. The van der Waals surface area contributed by atoms with Gasteiger partial charge < -0.3 is 14.7 Å². The van der Waals surface area contributed by atoms with Crippen LogP contribution in [0.5, 0.6) is 5.75 Å². The van der Waals surface area contributed by atoms with Gasteiger partial charge in [0, 0.05) is 49.2 Å². The van der Waals surface area contributed by atoms with Crippen LogP contribution in [-0.4, -0.2) is 40.6 Å². The first-order chi connectivity index (χ1) is 15.6. The molecule has 2 aromatic carbocycles. The van der Waals surface area contributed by atoms with E-state index in [9.17, 15) is 9.90 Å².